The summed E-state index contributed by atoms with van der Waals surface area (Å²) in [4.78, 5) is 24.7. The molecule has 1 aromatic rings. The average Bonchev–Trinajstić information content (AvgIpc) is 2.91. The van der Waals surface area contributed by atoms with Crippen LogP contribution in [0.5, 0.6) is 0 Å². The van der Waals surface area contributed by atoms with Gasteiger partial charge in [-0.2, -0.15) is 5.10 Å². The molecule has 0 saturated carbocycles. The number of amides is 2. The number of aliphatic carboxylic acids is 1. The number of likely N-dealkylation sites (tertiary alicyclic amines) is 1. The first-order valence-electron chi connectivity index (χ1n) is 6.82. The fraction of sp³-hybridized carbons (Fsp3) is 0.615. The number of carbonyl (C=O) groups is 2. The maximum Gasteiger partial charge on any atom is 0.317 e. The van der Waals surface area contributed by atoms with Crippen LogP contribution in [0.4, 0.5) is 4.79 Å². The third-order valence-corrected chi connectivity index (χ3v) is 3.45. The summed E-state index contributed by atoms with van der Waals surface area (Å²) in [5.74, 6) is -1.27. The molecule has 110 valence electrons. The van der Waals surface area contributed by atoms with E-state index in [2.05, 4.69) is 10.4 Å². The molecule has 0 bridgehead atoms. The predicted octanol–water partition coefficient (Wildman–Crippen LogP) is 0.778. The lowest BCUT2D eigenvalue weighted by Gasteiger charge is -2.31. The van der Waals surface area contributed by atoms with Crippen LogP contribution in [0.1, 0.15) is 19.8 Å². The molecule has 0 radical (unpaired) electrons. The first kappa shape index (κ1) is 14.4. The number of hydrogen-bond acceptors (Lipinski definition) is 3. The predicted molar refractivity (Wildman–Crippen MR) is 72.2 cm³/mol. The van der Waals surface area contributed by atoms with Gasteiger partial charge in [-0.1, -0.05) is 0 Å². The van der Waals surface area contributed by atoms with Gasteiger partial charge in [-0.05, 0) is 25.8 Å². The standard InChI is InChI=1S/C13H20N4O3/c1-10(8-17-7-3-5-14-17)15-13(20)16-6-2-4-11(9-16)12(18)19/h3,5,7,10-11H,2,4,6,8-9H2,1H3,(H,15,20)(H,18,19)/t10?,11-/m1/s1. The van der Waals surface area contributed by atoms with E-state index in [9.17, 15) is 9.59 Å². The Hall–Kier alpha value is -2.05. The van der Waals surface area contributed by atoms with Crippen LogP contribution < -0.4 is 5.32 Å². The van der Waals surface area contributed by atoms with E-state index in [4.69, 9.17) is 5.11 Å². The molecule has 2 heterocycles. The van der Waals surface area contributed by atoms with Crippen molar-refractivity contribution in [3.05, 3.63) is 18.5 Å². The number of urea groups is 1. The van der Waals surface area contributed by atoms with E-state index in [0.29, 0.717) is 19.5 Å². The highest BCUT2D eigenvalue weighted by molar-refractivity contribution is 5.76. The lowest BCUT2D eigenvalue weighted by Crippen LogP contribution is -2.49. The van der Waals surface area contributed by atoms with Gasteiger partial charge in [-0.25, -0.2) is 4.79 Å². The van der Waals surface area contributed by atoms with Crippen molar-refractivity contribution in [1.82, 2.24) is 20.0 Å². The normalized spacial score (nSPS) is 20.4. The number of carbonyl (C=O) groups excluding carboxylic acids is 1. The Morgan fingerprint density at radius 3 is 3.00 bits per heavy atom. The van der Waals surface area contributed by atoms with E-state index >= 15 is 0 Å². The fourth-order valence-electron chi connectivity index (χ4n) is 2.40. The van der Waals surface area contributed by atoms with Gasteiger partial charge in [0.05, 0.1) is 12.5 Å². The van der Waals surface area contributed by atoms with Gasteiger partial charge in [0.1, 0.15) is 0 Å². The average molecular weight is 280 g/mol. The number of piperidine rings is 1. The number of carboxylic acid groups (broad SMARTS) is 1. The van der Waals surface area contributed by atoms with Crippen molar-refractivity contribution in [3.63, 3.8) is 0 Å². The molecule has 0 aromatic carbocycles. The van der Waals surface area contributed by atoms with Crippen LogP contribution in [-0.2, 0) is 11.3 Å². The molecule has 1 aliphatic rings. The van der Waals surface area contributed by atoms with Gasteiger partial charge >= 0.3 is 12.0 Å². The third kappa shape index (κ3) is 3.72. The van der Waals surface area contributed by atoms with Crippen LogP contribution in [0.25, 0.3) is 0 Å². The Balaban J connectivity index is 1.83. The summed E-state index contributed by atoms with van der Waals surface area (Å²) in [6, 6.07) is 1.57. The zero-order chi connectivity index (χ0) is 14.5. The zero-order valence-electron chi connectivity index (χ0n) is 11.5. The SMILES string of the molecule is CC(Cn1cccn1)NC(=O)N1CCC[C@@H](C(=O)O)C1. The Bertz CT molecular complexity index is 460. The maximum absolute atomic E-state index is 12.1. The van der Waals surface area contributed by atoms with Gasteiger partial charge in [0.2, 0.25) is 0 Å². The second-order valence-electron chi connectivity index (χ2n) is 5.20. The van der Waals surface area contributed by atoms with Crippen molar-refractivity contribution < 1.29 is 14.7 Å². The first-order chi connectivity index (χ1) is 9.56. The molecule has 1 aromatic heterocycles. The quantitative estimate of drug-likeness (QED) is 0.853. The number of aromatic nitrogens is 2. The number of rotatable bonds is 4. The van der Waals surface area contributed by atoms with Gasteiger partial charge in [0.15, 0.2) is 0 Å². The molecule has 0 spiro atoms. The van der Waals surface area contributed by atoms with Gasteiger partial charge in [0, 0.05) is 31.5 Å². The van der Waals surface area contributed by atoms with E-state index in [0.717, 1.165) is 6.42 Å². The monoisotopic (exact) mass is 280 g/mol. The second kappa shape index (κ2) is 6.40. The summed E-state index contributed by atoms with van der Waals surface area (Å²) in [7, 11) is 0. The largest absolute Gasteiger partial charge is 0.481 e. The van der Waals surface area contributed by atoms with Crippen LogP contribution in [0.15, 0.2) is 18.5 Å². The molecule has 2 N–H and O–H groups in total. The Kier molecular flexibility index (Phi) is 4.60. The second-order valence-corrected chi connectivity index (χ2v) is 5.20. The minimum Gasteiger partial charge on any atom is -0.481 e. The van der Waals surface area contributed by atoms with Gasteiger partial charge in [-0.3, -0.25) is 9.48 Å². The molecule has 7 heteroatoms. The van der Waals surface area contributed by atoms with E-state index < -0.39 is 11.9 Å². The molecule has 1 unspecified atom stereocenters. The van der Waals surface area contributed by atoms with E-state index in [1.807, 2.05) is 19.2 Å². The molecule has 1 aliphatic heterocycles. The van der Waals surface area contributed by atoms with Crippen molar-refractivity contribution in [2.45, 2.75) is 32.4 Å². The third-order valence-electron chi connectivity index (χ3n) is 3.45. The molecule has 2 rings (SSSR count). The summed E-state index contributed by atoms with van der Waals surface area (Å²) in [5, 5.41) is 16.0. The van der Waals surface area contributed by atoms with Crippen molar-refractivity contribution in [2.75, 3.05) is 13.1 Å². The molecule has 7 nitrogen and oxygen atoms in total. The van der Waals surface area contributed by atoms with Crippen molar-refractivity contribution in [1.29, 1.82) is 0 Å². The molecule has 2 amide bonds. The molecule has 2 atom stereocenters. The van der Waals surface area contributed by atoms with Crippen LogP contribution in [0, 0.1) is 5.92 Å². The molecule has 1 fully saturated rings. The van der Waals surface area contributed by atoms with Gasteiger partial charge in [-0.15, -0.1) is 0 Å². The minimum absolute atomic E-state index is 0.0624. The van der Waals surface area contributed by atoms with Gasteiger partial charge in [0.25, 0.3) is 0 Å². The topological polar surface area (TPSA) is 87.5 Å². The van der Waals surface area contributed by atoms with E-state index in [-0.39, 0.29) is 18.6 Å². The number of carboxylic acids is 1. The summed E-state index contributed by atoms with van der Waals surface area (Å²) in [6.45, 7) is 3.40. The van der Waals surface area contributed by atoms with Crippen LogP contribution in [0.3, 0.4) is 0 Å². The van der Waals surface area contributed by atoms with Crippen LogP contribution >= 0.6 is 0 Å². The van der Waals surface area contributed by atoms with Crippen molar-refractivity contribution in [3.8, 4) is 0 Å². The zero-order valence-corrected chi connectivity index (χ0v) is 11.5. The minimum atomic E-state index is -0.827. The highest BCUT2D eigenvalue weighted by atomic mass is 16.4. The fourth-order valence-corrected chi connectivity index (χ4v) is 2.40. The van der Waals surface area contributed by atoms with E-state index in [1.54, 1.807) is 15.8 Å². The Morgan fingerprint density at radius 1 is 1.55 bits per heavy atom. The van der Waals surface area contributed by atoms with Crippen molar-refractivity contribution in [2.24, 2.45) is 5.92 Å². The molecular formula is C13H20N4O3. The highest BCUT2D eigenvalue weighted by Gasteiger charge is 2.28. The highest BCUT2D eigenvalue weighted by Crippen LogP contribution is 2.16. The summed E-state index contributed by atoms with van der Waals surface area (Å²) in [6.07, 6.45) is 4.90. The van der Waals surface area contributed by atoms with E-state index in [1.165, 1.54) is 0 Å². The van der Waals surface area contributed by atoms with Crippen molar-refractivity contribution >= 4 is 12.0 Å². The lowest BCUT2D eigenvalue weighted by molar-refractivity contribution is -0.143. The van der Waals surface area contributed by atoms with Crippen LogP contribution in [0.2, 0.25) is 0 Å². The smallest absolute Gasteiger partial charge is 0.317 e. The molecule has 20 heavy (non-hydrogen) atoms. The number of hydrogen-bond donors (Lipinski definition) is 2. The number of nitrogens with zero attached hydrogens (tertiary/aromatic N) is 3. The summed E-state index contributed by atoms with van der Waals surface area (Å²) in [5.41, 5.74) is 0. The Labute approximate surface area is 117 Å². The Morgan fingerprint density at radius 2 is 2.35 bits per heavy atom. The maximum atomic E-state index is 12.1. The number of nitrogens with one attached hydrogen (secondary N) is 1. The molecular weight excluding hydrogens is 260 g/mol. The molecule has 1 saturated heterocycles. The molecule has 0 aliphatic carbocycles. The first-order valence-corrected chi connectivity index (χ1v) is 6.82. The van der Waals surface area contributed by atoms with Gasteiger partial charge < -0.3 is 15.3 Å². The summed E-state index contributed by atoms with van der Waals surface area (Å²) >= 11 is 0. The summed E-state index contributed by atoms with van der Waals surface area (Å²) < 4.78 is 1.75. The van der Waals surface area contributed by atoms with Crippen LogP contribution in [-0.4, -0.2) is 50.9 Å². The lowest BCUT2D eigenvalue weighted by atomic mass is 9.99.